The van der Waals surface area contributed by atoms with Gasteiger partial charge in [-0.05, 0) is 42.0 Å². The van der Waals surface area contributed by atoms with Gasteiger partial charge in [0.2, 0.25) is 5.95 Å². The maximum absolute atomic E-state index is 13.9. The second-order valence-electron chi connectivity index (χ2n) is 6.94. The molecule has 1 saturated heterocycles. The highest BCUT2D eigenvalue weighted by Crippen LogP contribution is 2.27. The van der Waals surface area contributed by atoms with Gasteiger partial charge in [-0.15, -0.1) is 0 Å². The minimum absolute atomic E-state index is 0.145. The number of nitrogens with one attached hydrogen (secondary N) is 2. The molecular formula is C22H21F2N5O2. The molecule has 1 aliphatic heterocycles. The van der Waals surface area contributed by atoms with E-state index >= 15 is 0 Å². The number of nitrogens with zero attached hydrogens (tertiary/aromatic N) is 3. The van der Waals surface area contributed by atoms with E-state index in [9.17, 15) is 13.6 Å². The van der Waals surface area contributed by atoms with E-state index in [4.69, 9.17) is 4.74 Å². The molecule has 0 aliphatic carbocycles. The van der Waals surface area contributed by atoms with E-state index in [0.29, 0.717) is 50.2 Å². The molecule has 7 nitrogen and oxygen atoms in total. The second-order valence-corrected chi connectivity index (χ2v) is 6.94. The van der Waals surface area contributed by atoms with Crippen molar-refractivity contribution >= 4 is 23.2 Å². The van der Waals surface area contributed by atoms with Gasteiger partial charge in [-0.1, -0.05) is 12.1 Å². The number of ether oxygens (including phenoxy) is 1. The molecule has 1 fully saturated rings. The third kappa shape index (κ3) is 5.13. The van der Waals surface area contributed by atoms with Crippen molar-refractivity contribution in [3.8, 4) is 0 Å². The highest BCUT2D eigenvalue weighted by Gasteiger charge is 2.20. The SMILES string of the molecule is O=C(Nc1ccc(NCc2ccc(F)cc2)nc1N1CCOCC1)c1cccnc1F. The van der Waals surface area contributed by atoms with Gasteiger partial charge in [-0.25, -0.2) is 14.4 Å². The zero-order valence-corrected chi connectivity index (χ0v) is 16.6. The number of halogens is 2. The molecule has 2 aromatic heterocycles. The van der Waals surface area contributed by atoms with E-state index in [0.717, 1.165) is 5.56 Å². The summed E-state index contributed by atoms with van der Waals surface area (Å²) >= 11 is 0. The molecule has 0 unspecified atom stereocenters. The number of anilines is 3. The molecule has 1 amide bonds. The van der Waals surface area contributed by atoms with Crippen LogP contribution in [0.25, 0.3) is 0 Å². The normalized spacial score (nSPS) is 13.7. The van der Waals surface area contributed by atoms with Crippen LogP contribution < -0.4 is 15.5 Å². The van der Waals surface area contributed by atoms with Crippen molar-refractivity contribution < 1.29 is 18.3 Å². The summed E-state index contributed by atoms with van der Waals surface area (Å²) in [6.45, 7) is 2.76. The first-order chi connectivity index (χ1) is 15.1. The van der Waals surface area contributed by atoms with E-state index in [1.54, 1.807) is 24.3 Å². The van der Waals surface area contributed by atoms with E-state index in [1.165, 1.54) is 30.5 Å². The van der Waals surface area contributed by atoms with Crippen molar-refractivity contribution in [3.05, 3.63) is 77.6 Å². The van der Waals surface area contributed by atoms with Crippen LogP contribution in [0.3, 0.4) is 0 Å². The minimum atomic E-state index is -0.835. The molecule has 160 valence electrons. The van der Waals surface area contributed by atoms with E-state index in [1.807, 2.05) is 4.90 Å². The van der Waals surface area contributed by atoms with E-state index < -0.39 is 11.9 Å². The summed E-state index contributed by atoms with van der Waals surface area (Å²) in [7, 11) is 0. The van der Waals surface area contributed by atoms with Gasteiger partial charge in [0.25, 0.3) is 5.91 Å². The lowest BCUT2D eigenvalue weighted by Gasteiger charge is -2.29. The molecule has 3 heterocycles. The molecule has 0 atom stereocenters. The van der Waals surface area contributed by atoms with Crippen LogP contribution in [0.1, 0.15) is 15.9 Å². The fraction of sp³-hybridized carbons (Fsp3) is 0.227. The van der Waals surface area contributed by atoms with Gasteiger partial charge in [0.1, 0.15) is 11.6 Å². The maximum Gasteiger partial charge on any atom is 0.260 e. The number of morpholine rings is 1. The third-order valence-electron chi connectivity index (χ3n) is 4.82. The molecule has 0 spiro atoms. The highest BCUT2D eigenvalue weighted by atomic mass is 19.1. The first-order valence-corrected chi connectivity index (χ1v) is 9.84. The molecule has 31 heavy (non-hydrogen) atoms. The largest absolute Gasteiger partial charge is 0.378 e. The summed E-state index contributed by atoms with van der Waals surface area (Å²) in [5.41, 5.74) is 1.22. The Hall–Kier alpha value is -3.59. The molecular weight excluding hydrogens is 404 g/mol. The smallest absolute Gasteiger partial charge is 0.260 e. The molecule has 3 aromatic rings. The summed E-state index contributed by atoms with van der Waals surface area (Å²) in [4.78, 5) is 22.8. The lowest BCUT2D eigenvalue weighted by molar-refractivity contribution is 0.102. The van der Waals surface area contributed by atoms with Crippen molar-refractivity contribution in [2.75, 3.05) is 41.8 Å². The first-order valence-electron chi connectivity index (χ1n) is 9.84. The number of amides is 1. The number of hydrogen-bond acceptors (Lipinski definition) is 6. The third-order valence-corrected chi connectivity index (χ3v) is 4.82. The summed E-state index contributed by atoms with van der Waals surface area (Å²) < 4.78 is 32.4. The van der Waals surface area contributed by atoms with Crippen LogP contribution in [0, 0.1) is 11.8 Å². The second kappa shape index (κ2) is 9.48. The van der Waals surface area contributed by atoms with Crippen molar-refractivity contribution in [3.63, 3.8) is 0 Å². The predicted octanol–water partition coefficient (Wildman–Crippen LogP) is 3.46. The predicted molar refractivity (Wildman–Crippen MR) is 113 cm³/mol. The fourth-order valence-electron chi connectivity index (χ4n) is 3.20. The Balaban J connectivity index is 1.56. The Bertz CT molecular complexity index is 1060. The average Bonchev–Trinajstić information content (AvgIpc) is 2.80. The molecule has 4 rings (SSSR count). The fourth-order valence-corrected chi connectivity index (χ4v) is 3.20. The van der Waals surface area contributed by atoms with Crippen LogP contribution in [0.15, 0.2) is 54.7 Å². The Morgan fingerprint density at radius 2 is 1.84 bits per heavy atom. The van der Waals surface area contributed by atoms with Crippen molar-refractivity contribution in [1.82, 2.24) is 9.97 Å². The number of pyridine rings is 2. The van der Waals surface area contributed by atoms with Crippen LogP contribution in [-0.4, -0.2) is 42.2 Å². The topological polar surface area (TPSA) is 79.4 Å². The van der Waals surface area contributed by atoms with Gasteiger partial charge in [0, 0.05) is 25.8 Å². The Kier molecular flexibility index (Phi) is 6.32. The van der Waals surface area contributed by atoms with Crippen LogP contribution in [0.4, 0.5) is 26.1 Å². The van der Waals surface area contributed by atoms with Crippen molar-refractivity contribution in [2.24, 2.45) is 0 Å². The minimum Gasteiger partial charge on any atom is -0.378 e. The number of hydrogen-bond donors (Lipinski definition) is 2. The van der Waals surface area contributed by atoms with Gasteiger partial charge in [-0.3, -0.25) is 4.79 Å². The Morgan fingerprint density at radius 3 is 2.58 bits per heavy atom. The lowest BCUT2D eigenvalue weighted by atomic mass is 10.2. The monoisotopic (exact) mass is 425 g/mol. The zero-order valence-electron chi connectivity index (χ0n) is 16.6. The van der Waals surface area contributed by atoms with Gasteiger partial charge in [0.15, 0.2) is 5.82 Å². The summed E-state index contributed by atoms with van der Waals surface area (Å²) in [6, 6.07) is 12.5. The maximum atomic E-state index is 13.9. The van der Waals surface area contributed by atoms with Crippen molar-refractivity contribution in [1.29, 1.82) is 0 Å². The molecule has 0 saturated carbocycles. The van der Waals surface area contributed by atoms with Gasteiger partial charge in [0.05, 0.1) is 24.5 Å². The number of carbonyl (C=O) groups is 1. The molecule has 0 bridgehead atoms. The van der Waals surface area contributed by atoms with Crippen LogP contribution in [0.2, 0.25) is 0 Å². The summed E-state index contributed by atoms with van der Waals surface area (Å²) in [5, 5.41) is 5.95. The molecule has 1 aliphatic rings. The average molecular weight is 425 g/mol. The number of rotatable bonds is 6. The quantitative estimate of drug-likeness (QED) is 0.589. The molecule has 0 radical (unpaired) electrons. The lowest BCUT2D eigenvalue weighted by Crippen LogP contribution is -2.37. The van der Waals surface area contributed by atoms with E-state index in [2.05, 4.69) is 20.6 Å². The molecule has 1 aromatic carbocycles. The Labute approximate surface area is 178 Å². The standard InChI is InChI=1S/C22H21F2N5O2/c23-16-5-3-15(4-6-16)14-26-19-8-7-18(21(28-19)29-10-12-31-13-11-29)27-22(30)17-2-1-9-25-20(17)24/h1-9H,10-14H2,(H,26,28)(H,27,30). The van der Waals surface area contributed by atoms with Crippen LogP contribution >= 0.6 is 0 Å². The highest BCUT2D eigenvalue weighted by molar-refractivity contribution is 6.05. The van der Waals surface area contributed by atoms with Crippen LogP contribution in [0.5, 0.6) is 0 Å². The van der Waals surface area contributed by atoms with Gasteiger partial charge in [-0.2, -0.15) is 4.39 Å². The number of carbonyl (C=O) groups excluding carboxylic acids is 1. The number of aromatic nitrogens is 2. The van der Waals surface area contributed by atoms with Gasteiger partial charge >= 0.3 is 0 Å². The summed E-state index contributed by atoms with van der Waals surface area (Å²) in [6.07, 6.45) is 1.29. The van der Waals surface area contributed by atoms with Gasteiger partial charge < -0.3 is 20.3 Å². The summed E-state index contributed by atoms with van der Waals surface area (Å²) in [5.74, 6) is -0.574. The Morgan fingerprint density at radius 1 is 1.06 bits per heavy atom. The van der Waals surface area contributed by atoms with Crippen molar-refractivity contribution in [2.45, 2.75) is 6.54 Å². The molecule has 9 heteroatoms. The van der Waals surface area contributed by atoms with E-state index in [-0.39, 0.29) is 11.4 Å². The zero-order chi connectivity index (χ0) is 21.6. The first kappa shape index (κ1) is 20.7. The number of benzene rings is 1. The molecule has 2 N–H and O–H groups in total. The van der Waals surface area contributed by atoms with Crippen LogP contribution in [-0.2, 0) is 11.3 Å².